The molecule has 0 aromatic carbocycles. The number of thiazole rings is 1. The molecule has 0 atom stereocenters. The molecular weight excluding hydrogens is 407 g/mol. The lowest BCUT2D eigenvalue weighted by Crippen LogP contribution is -2.72. The summed E-state index contributed by atoms with van der Waals surface area (Å²) in [5, 5.41) is 6.73. The van der Waals surface area contributed by atoms with Gasteiger partial charge in [-0.2, -0.15) is 0 Å². The van der Waals surface area contributed by atoms with Crippen LogP contribution in [0.1, 0.15) is 52.2 Å². The van der Waals surface area contributed by atoms with E-state index in [1.54, 1.807) is 11.3 Å². The molecule has 0 radical (unpaired) electrons. The van der Waals surface area contributed by atoms with Crippen molar-refractivity contribution in [3.8, 4) is 0 Å². The Morgan fingerprint density at radius 1 is 1.36 bits per heavy atom. The van der Waals surface area contributed by atoms with Crippen molar-refractivity contribution in [3.05, 3.63) is 16.1 Å². The molecule has 126 valence electrons. The number of nitrogens with zero attached hydrogens (tertiary/aromatic N) is 3. The average molecular weight is 436 g/mol. The van der Waals surface area contributed by atoms with Crippen LogP contribution < -0.4 is 5.32 Å². The largest absolute Gasteiger partial charge is 0.356 e. The van der Waals surface area contributed by atoms with Gasteiger partial charge in [0, 0.05) is 29.4 Å². The summed E-state index contributed by atoms with van der Waals surface area (Å²) in [6, 6.07) is 0. The molecule has 22 heavy (non-hydrogen) atoms. The van der Waals surface area contributed by atoms with Gasteiger partial charge in [-0.05, 0) is 27.2 Å². The van der Waals surface area contributed by atoms with E-state index in [1.165, 1.54) is 5.01 Å². The number of hydrogen-bond acceptors (Lipinski definition) is 3. The Hall–Kier alpha value is -0.370. The number of rotatable bonds is 4. The molecule has 1 aromatic heterocycles. The normalized spacial score (nSPS) is 19.4. The third-order valence-corrected chi connectivity index (χ3v) is 5.81. The Morgan fingerprint density at radius 2 is 2.05 bits per heavy atom. The quantitative estimate of drug-likeness (QED) is 0.442. The topological polar surface area (TPSA) is 40.5 Å². The summed E-state index contributed by atoms with van der Waals surface area (Å²) in [4.78, 5) is 11.8. The molecule has 1 aromatic rings. The summed E-state index contributed by atoms with van der Waals surface area (Å²) in [5.41, 5.74) is 1.52. The van der Waals surface area contributed by atoms with Crippen molar-refractivity contribution in [1.82, 2.24) is 15.2 Å². The zero-order valence-corrected chi connectivity index (χ0v) is 17.7. The Labute approximate surface area is 155 Å². The number of aliphatic imine (C=N–C) groups is 1. The fourth-order valence-corrected chi connectivity index (χ4v) is 3.27. The number of aryl methyl sites for hydroxylation is 1. The highest BCUT2D eigenvalue weighted by atomic mass is 127. The monoisotopic (exact) mass is 436 g/mol. The SMILES string of the molecule is CCNC(=NCc1csc(CC)n1)N1CC(C)(C)C1(C)C.I. The lowest BCUT2D eigenvalue weighted by atomic mass is 9.65. The molecule has 0 spiro atoms. The second kappa shape index (κ2) is 7.47. The minimum Gasteiger partial charge on any atom is -0.356 e. The van der Waals surface area contributed by atoms with Crippen molar-refractivity contribution >= 4 is 41.3 Å². The van der Waals surface area contributed by atoms with Crippen molar-refractivity contribution in [1.29, 1.82) is 0 Å². The molecule has 4 nitrogen and oxygen atoms in total. The van der Waals surface area contributed by atoms with E-state index in [-0.39, 0.29) is 29.5 Å². The Balaban J connectivity index is 0.00000242. The maximum absolute atomic E-state index is 4.79. The molecule has 1 N–H and O–H groups in total. The highest BCUT2D eigenvalue weighted by Crippen LogP contribution is 2.46. The first-order chi connectivity index (χ1) is 9.81. The Bertz CT molecular complexity index is 522. The predicted molar refractivity (Wildman–Crippen MR) is 106 cm³/mol. The summed E-state index contributed by atoms with van der Waals surface area (Å²) in [5.74, 6) is 1.01. The highest BCUT2D eigenvalue weighted by molar-refractivity contribution is 14.0. The van der Waals surface area contributed by atoms with Gasteiger partial charge in [-0.1, -0.05) is 20.8 Å². The lowest BCUT2D eigenvalue weighted by molar-refractivity contribution is -0.0667. The van der Waals surface area contributed by atoms with Gasteiger partial charge in [0.25, 0.3) is 0 Å². The molecule has 2 rings (SSSR count). The second-order valence-electron chi connectivity index (χ2n) is 6.79. The fraction of sp³-hybridized carbons (Fsp3) is 0.750. The van der Waals surface area contributed by atoms with Crippen LogP contribution in [0.25, 0.3) is 0 Å². The van der Waals surface area contributed by atoms with Gasteiger partial charge in [0.2, 0.25) is 0 Å². The van der Waals surface area contributed by atoms with Crippen LogP contribution in [0.2, 0.25) is 0 Å². The molecule has 0 amide bonds. The van der Waals surface area contributed by atoms with E-state index in [0.717, 1.165) is 31.2 Å². The average Bonchev–Trinajstić information content (AvgIpc) is 2.89. The van der Waals surface area contributed by atoms with Gasteiger partial charge in [0.05, 0.1) is 17.2 Å². The van der Waals surface area contributed by atoms with Gasteiger partial charge in [0.15, 0.2) is 5.96 Å². The number of nitrogens with one attached hydrogen (secondary N) is 1. The number of likely N-dealkylation sites (tertiary alicyclic amines) is 1. The molecule has 0 unspecified atom stereocenters. The van der Waals surface area contributed by atoms with Gasteiger partial charge in [-0.15, -0.1) is 35.3 Å². The Kier molecular flexibility index (Phi) is 6.68. The van der Waals surface area contributed by atoms with Crippen molar-refractivity contribution < 1.29 is 0 Å². The summed E-state index contributed by atoms with van der Waals surface area (Å²) in [7, 11) is 0. The van der Waals surface area contributed by atoms with Crippen LogP contribution in [0.4, 0.5) is 0 Å². The fourth-order valence-electron chi connectivity index (χ4n) is 2.53. The molecule has 6 heteroatoms. The van der Waals surface area contributed by atoms with E-state index in [4.69, 9.17) is 4.99 Å². The molecule has 0 bridgehead atoms. The third kappa shape index (κ3) is 3.75. The summed E-state index contributed by atoms with van der Waals surface area (Å²) in [6.07, 6.45) is 1.00. The molecule has 0 aliphatic carbocycles. The second-order valence-corrected chi connectivity index (χ2v) is 7.73. The standard InChI is InChI=1S/C16H28N4S.HI/c1-7-13-19-12(10-21-13)9-18-14(17-8-2)20-11-15(3,4)16(20,5)6;/h10H,7-9,11H2,1-6H3,(H,17,18);1H. The molecule has 1 aliphatic rings. The van der Waals surface area contributed by atoms with E-state index >= 15 is 0 Å². The maximum atomic E-state index is 4.79. The van der Waals surface area contributed by atoms with Crippen LogP contribution in [0.3, 0.4) is 0 Å². The summed E-state index contributed by atoms with van der Waals surface area (Å²) in [6.45, 7) is 16.1. The van der Waals surface area contributed by atoms with E-state index in [2.05, 4.69) is 62.1 Å². The zero-order chi connectivity index (χ0) is 15.7. The van der Waals surface area contributed by atoms with Crippen molar-refractivity contribution in [3.63, 3.8) is 0 Å². The van der Waals surface area contributed by atoms with Gasteiger partial charge >= 0.3 is 0 Å². The van der Waals surface area contributed by atoms with Crippen LogP contribution in [0, 0.1) is 5.41 Å². The Morgan fingerprint density at radius 3 is 2.50 bits per heavy atom. The van der Waals surface area contributed by atoms with E-state index in [1.807, 2.05) is 0 Å². The van der Waals surface area contributed by atoms with Crippen LogP contribution in [-0.2, 0) is 13.0 Å². The molecule has 0 saturated carbocycles. The van der Waals surface area contributed by atoms with Gasteiger partial charge in [-0.3, -0.25) is 0 Å². The molecule has 1 fully saturated rings. The van der Waals surface area contributed by atoms with Crippen molar-refractivity contribution in [2.75, 3.05) is 13.1 Å². The predicted octanol–water partition coefficient (Wildman–Crippen LogP) is 3.91. The van der Waals surface area contributed by atoms with Crippen molar-refractivity contribution in [2.45, 2.75) is 60.0 Å². The molecule has 1 aliphatic heterocycles. The zero-order valence-electron chi connectivity index (χ0n) is 14.6. The minimum atomic E-state index is 0. The maximum Gasteiger partial charge on any atom is 0.194 e. The summed E-state index contributed by atoms with van der Waals surface area (Å²) >= 11 is 1.73. The van der Waals surface area contributed by atoms with Crippen molar-refractivity contribution in [2.24, 2.45) is 10.4 Å². The number of guanidine groups is 1. The van der Waals surface area contributed by atoms with Crippen LogP contribution in [0.15, 0.2) is 10.4 Å². The van der Waals surface area contributed by atoms with E-state index < -0.39 is 0 Å². The lowest BCUT2D eigenvalue weighted by Gasteiger charge is -2.62. The molecule has 2 heterocycles. The molecular formula is C16H29IN4S. The number of hydrogen-bond donors (Lipinski definition) is 1. The first-order valence-electron chi connectivity index (χ1n) is 7.81. The van der Waals surface area contributed by atoms with E-state index in [0.29, 0.717) is 12.0 Å². The summed E-state index contributed by atoms with van der Waals surface area (Å²) < 4.78 is 0. The first-order valence-corrected chi connectivity index (χ1v) is 8.69. The van der Waals surface area contributed by atoms with E-state index in [9.17, 15) is 0 Å². The number of aromatic nitrogens is 1. The van der Waals surface area contributed by atoms with Gasteiger partial charge in [0.1, 0.15) is 0 Å². The van der Waals surface area contributed by atoms with Crippen LogP contribution in [0.5, 0.6) is 0 Å². The highest BCUT2D eigenvalue weighted by Gasteiger charge is 2.53. The van der Waals surface area contributed by atoms with Gasteiger partial charge in [-0.25, -0.2) is 9.98 Å². The number of halogens is 1. The first kappa shape index (κ1) is 19.7. The molecule has 1 saturated heterocycles. The smallest absolute Gasteiger partial charge is 0.194 e. The third-order valence-electron chi connectivity index (χ3n) is 4.77. The van der Waals surface area contributed by atoms with Crippen LogP contribution in [-0.4, -0.2) is 34.5 Å². The minimum absolute atomic E-state index is 0. The van der Waals surface area contributed by atoms with Gasteiger partial charge < -0.3 is 10.2 Å². The van der Waals surface area contributed by atoms with Crippen LogP contribution >= 0.6 is 35.3 Å².